The van der Waals surface area contributed by atoms with Gasteiger partial charge in [0.25, 0.3) is 0 Å². The van der Waals surface area contributed by atoms with Crippen molar-refractivity contribution in [3.8, 4) is 16.9 Å². The number of pyridine rings is 1. The van der Waals surface area contributed by atoms with Gasteiger partial charge in [0.1, 0.15) is 11.3 Å². The molecule has 0 aliphatic heterocycles. The molecular formula is C41H45N7O5. The normalized spacial score (nSPS) is 16.6. The molecule has 6 aromatic rings. The summed E-state index contributed by atoms with van der Waals surface area (Å²) in [5.74, 6) is -0.0464. The van der Waals surface area contributed by atoms with Crippen molar-refractivity contribution >= 4 is 33.7 Å². The maximum atomic E-state index is 12.8. The van der Waals surface area contributed by atoms with Gasteiger partial charge in [-0.25, -0.2) is 9.48 Å². The van der Waals surface area contributed by atoms with Gasteiger partial charge in [-0.1, -0.05) is 59.8 Å². The molecule has 0 bridgehead atoms. The summed E-state index contributed by atoms with van der Waals surface area (Å²) in [5.41, 5.74) is 7.00. The monoisotopic (exact) mass is 715 g/mol. The zero-order chi connectivity index (χ0) is 36.9. The molecule has 1 unspecified atom stereocenters. The summed E-state index contributed by atoms with van der Waals surface area (Å²) in [6.45, 7) is 1.41. The Balaban J connectivity index is 1.00. The summed E-state index contributed by atoms with van der Waals surface area (Å²) in [7, 11) is 1.97. The van der Waals surface area contributed by atoms with Crippen molar-refractivity contribution in [2.45, 2.75) is 69.8 Å². The fourth-order valence-electron chi connectivity index (χ4n) is 7.61. The Morgan fingerprint density at radius 1 is 0.981 bits per heavy atom. The van der Waals surface area contributed by atoms with Crippen molar-refractivity contribution in [3.63, 3.8) is 0 Å². The minimum Gasteiger partial charge on any atom is -0.506 e. The van der Waals surface area contributed by atoms with E-state index in [1.54, 1.807) is 17.0 Å². The molecule has 1 atom stereocenters. The number of aliphatic hydroxyl groups is 1. The van der Waals surface area contributed by atoms with Crippen LogP contribution in [-0.2, 0) is 19.5 Å². The number of benzene rings is 4. The van der Waals surface area contributed by atoms with E-state index < -0.39 is 12.2 Å². The number of aromatic hydroxyl groups is 1. The first kappa shape index (κ1) is 35.8. The summed E-state index contributed by atoms with van der Waals surface area (Å²) in [5, 5.41) is 47.7. The third kappa shape index (κ3) is 7.95. The number of nitrogens with one attached hydrogen (secondary N) is 3. The van der Waals surface area contributed by atoms with Crippen molar-refractivity contribution in [3.05, 3.63) is 118 Å². The average molecular weight is 716 g/mol. The summed E-state index contributed by atoms with van der Waals surface area (Å²) in [6, 6.07) is 28.7. The largest absolute Gasteiger partial charge is 0.506 e. The maximum Gasteiger partial charge on any atom is 0.412 e. The quantitative estimate of drug-likeness (QED) is 0.0826. The topological polar surface area (TPSA) is 169 Å². The molecule has 12 heteroatoms. The summed E-state index contributed by atoms with van der Waals surface area (Å²) >= 11 is 0. The van der Waals surface area contributed by atoms with Crippen LogP contribution < -0.4 is 21.1 Å². The van der Waals surface area contributed by atoms with Gasteiger partial charge in [0.2, 0.25) is 5.56 Å². The molecule has 6 N–H and O–H groups in total. The molecule has 4 aromatic carbocycles. The number of carbonyl (C=O) groups is 1. The van der Waals surface area contributed by atoms with Crippen LogP contribution in [0.2, 0.25) is 0 Å². The number of H-pyrrole nitrogens is 1. The van der Waals surface area contributed by atoms with Crippen LogP contribution in [0.15, 0.2) is 95.8 Å². The number of rotatable bonds is 13. The molecular weight excluding hydrogens is 670 g/mol. The summed E-state index contributed by atoms with van der Waals surface area (Å²) in [4.78, 5) is 28.8. The molecule has 7 rings (SSSR count). The van der Waals surface area contributed by atoms with Crippen molar-refractivity contribution in [1.29, 1.82) is 0 Å². The minimum absolute atomic E-state index is 0.0464. The van der Waals surface area contributed by atoms with Crippen LogP contribution in [0.5, 0.6) is 5.75 Å². The van der Waals surface area contributed by atoms with E-state index in [-0.39, 0.29) is 23.9 Å². The fourth-order valence-corrected chi connectivity index (χ4v) is 7.61. The Labute approximate surface area is 307 Å². The molecule has 1 aliphatic carbocycles. The number of anilines is 1. The highest BCUT2D eigenvalue weighted by Crippen LogP contribution is 2.37. The molecule has 12 nitrogen and oxygen atoms in total. The number of hydrogen-bond donors (Lipinski definition) is 6. The predicted octanol–water partition coefficient (Wildman–Crippen LogP) is 6.12. The first-order valence-corrected chi connectivity index (χ1v) is 18.2. The second-order valence-electron chi connectivity index (χ2n) is 13.8. The van der Waals surface area contributed by atoms with Gasteiger partial charge >= 0.3 is 6.09 Å². The second-order valence-corrected chi connectivity index (χ2v) is 13.8. The van der Waals surface area contributed by atoms with E-state index in [0.29, 0.717) is 35.6 Å². The number of fused-ring (bicyclic) bond motifs is 2. The second kappa shape index (κ2) is 16.0. The van der Waals surface area contributed by atoms with Gasteiger partial charge in [-0.2, -0.15) is 0 Å². The maximum absolute atomic E-state index is 12.8. The van der Waals surface area contributed by atoms with Gasteiger partial charge in [-0.3, -0.25) is 9.69 Å². The van der Waals surface area contributed by atoms with Crippen LogP contribution in [-0.4, -0.2) is 67.1 Å². The molecule has 0 saturated heterocycles. The third-order valence-corrected chi connectivity index (χ3v) is 10.4. The van der Waals surface area contributed by atoms with Crippen LogP contribution >= 0.6 is 0 Å². The molecule has 53 heavy (non-hydrogen) atoms. The first-order valence-electron chi connectivity index (χ1n) is 18.2. The lowest BCUT2D eigenvalue weighted by molar-refractivity contribution is 0.176. The van der Waals surface area contributed by atoms with E-state index in [4.69, 9.17) is 0 Å². The van der Waals surface area contributed by atoms with Crippen LogP contribution in [0.25, 0.3) is 33.1 Å². The zero-order valence-electron chi connectivity index (χ0n) is 29.7. The number of aryl methyl sites for hydroxylation is 2. The van der Waals surface area contributed by atoms with Crippen LogP contribution in [0.4, 0.5) is 10.5 Å². The number of aromatic amines is 1. The predicted molar refractivity (Wildman–Crippen MR) is 206 cm³/mol. The van der Waals surface area contributed by atoms with Crippen molar-refractivity contribution in [1.82, 2.24) is 30.6 Å². The molecule has 0 spiro atoms. The molecule has 1 aliphatic rings. The van der Waals surface area contributed by atoms with Gasteiger partial charge in [-0.05, 0) is 98.2 Å². The molecule has 1 saturated carbocycles. The lowest BCUT2D eigenvalue weighted by atomic mass is 9.89. The zero-order valence-corrected chi connectivity index (χ0v) is 29.7. The number of phenols is 1. The smallest absolute Gasteiger partial charge is 0.412 e. The Morgan fingerprint density at radius 3 is 2.55 bits per heavy atom. The van der Waals surface area contributed by atoms with Crippen molar-refractivity contribution in [2.75, 3.05) is 18.5 Å². The third-order valence-electron chi connectivity index (χ3n) is 10.4. The average Bonchev–Trinajstić information content (AvgIpc) is 3.58. The number of hydrogen-bond acceptors (Lipinski definition) is 8. The first-order chi connectivity index (χ1) is 25.8. The molecule has 2 heterocycles. The summed E-state index contributed by atoms with van der Waals surface area (Å²) in [6.07, 6.45) is 3.29. The van der Waals surface area contributed by atoms with Gasteiger partial charge < -0.3 is 30.9 Å². The van der Waals surface area contributed by atoms with E-state index in [9.17, 15) is 24.9 Å². The van der Waals surface area contributed by atoms with E-state index in [1.165, 1.54) is 12.1 Å². The highest BCUT2D eigenvalue weighted by atomic mass is 16.4. The van der Waals surface area contributed by atoms with E-state index in [2.05, 4.69) is 44.1 Å². The van der Waals surface area contributed by atoms with Gasteiger partial charge in [0.05, 0.1) is 22.8 Å². The van der Waals surface area contributed by atoms with Crippen molar-refractivity contribution in [2.24, 2.45) is 0 Å². The van der Waals surface area contributed by atoms with Gasteiger partial charge in [-0.15, -0.1) is 5.10 Å². The van der Waals surface area contributed by atoms with E-state index >= 15 is 0 Å². The van der Waals surface area contributed by atoms with Crippen LogP contribution in [0, 0.1) is 0 Å². The van der Waals surface area contributed by atoms with Gasteiger partial charge in [0.15, 0.2) is 0 Å². The molecule has 1 amide bonds. The minimum atomic E-state index is -0.920. The highest BCUT2D eigenvalue weighted by Gasteiger charge is 2.31. The fraction of sp³-hybridized carbons (Fsp3) is 0.317. The standard InChI is InChI=1S/C41H45N7O5/c1-42-29-11-13-30(14-12-29)48(41(52)53)36-23-26(9-15-31(36)28-7-3-2-4-8-28)6-5-21-47-35-18-10-27(22-34(35)45-46-47)24-43-25-38(50)32-16-19-37(49)40-33(32)17-20-39(51)44-40/h2-4,7-10,15-20,22-23,29-30,38,42-43,49-50H,5-6,11-14,21,24-25H2,1H3,(H,44,51)(H,52,53)/t29-,30-,38?. The molecule has 0 radical (unpaired) electrons. The molecule has 274 valence electrons. The number of carboxylic acid groups (broad SMARTS) is 1. The van der Waals surface area contributed by atoms with Crippen LogP contribution in [0.3, 0.4) is 0 Å². The number of amides is 1. The number of phenolic OH excluding ortho intramolecular Hbond substituents is 1. The SMILES string of the molecule is CN[C@H]1CC[C@H](N(C(=O)O)c2cc(CCCn3nnc4cc(CNCC(O)c5ccc(O)c6[nH]c(=O)ccc56)ccc43)ccc2-c2ccccc2)CC1. The Bertz CT molecular complexity index is 2260. The highest BCUT2D eigenvalue weighted by molar-refractivity contribution is 5.94. The molecule has 1 fully saturated rings. The Hall–Kier alpha value is -5.56. The lowest BCUT2D eigenvalue weighted by Crippen LogP contribution is -2.44. The lowest BCUT2D eigenvalue weighted by Gasteiger charge is -2.36. The number of aromatic nitrogens is 4. The Morgan fingerprint density at radius 2 is 1.77 bits per heavy atom. The number of nitrogens with zero attached hydrogens (tertiary/aromatic N) is 4. The molecule has 2 aromatic heterocycles. The van der Waals surface area contributed by atoms with Gasteiger partial charge in [0, 0.05) is 48.7 Å². The van der Waals surface area contributed by atoms with E-state index in [0.717, 1.165) is 77.5 Å². The Kier molecular flexibility index (Phi) is 10.8. The van der Waals surface area contributed by atoms with Crippen molar-refractivity contribution < 1.29 is 20.1 Å². The summed E-state index contributed by atoms with van der Waals surface area (Å²) < 4.78 is 1.90. The van der Waals surface area contributed by atoms with Crippen LogP contribution in [0.1, 0.15) is 54.9 Å². The number of aliphatic hydroxyl groups excluding tert-OH is 1. The van der Waals surface area contributed by atoms with E-state index in [1.807, 2.05) is 60.3 Å².